The molecule has 3 aromatic rings. The van der Waals surface area contributed by atoms with Crippen molar-refractivity contribution in [3.63, 3.8) is 0 Å². The molecular formula is C25H31N5O2. The summed E-state index contributed by atoms with van der Waals surface area (Å²) in [6.07, 6.45) is 0.700. The van der Waals surface area contributed by atoms with E-state index < -0.39 is 0 Å². The lowest BCUT2D eigenvalue weighted by atomic mass is 10.1. The van der Waals surface area contributed by atoms with Crippen LogP contribution in [-0.4, -0.2) is 58.6 Å². The molecule has 0 atom stereocenters. The zero-order valence-corrected chi connectivity index (χ0v) is 18.9. The van der Waals surface area contributed by atoms with Crippen molar-refractivity contribution in [2.24, 2.45) is 0 Å². The third-order valence-corrected chi connectivity index (χ3v) is 5.89. The fraction of sp³-hybridized carbons (Fsp3) is 0.400. The van der Waals surface area contributed by atoms with Crippen molar-refractivity contribution >= 4 is 11.6 Å². The Morgan fingerprint density at radius 1 is 0.969 bits per heavy atom. The maximum atomic E-state index is 12.3. The van der Waals surface area contributed by atoms with Gasteiger partial charge >= 0.3 is 0 Å². The normalized spacial score (nSPS) is 15.1. The van der Waals surface area contributed by atoms with Gasteiger partial charge in [0.25, 0.3) is 0 Å². The zero-order chi connectivity index (χ0) is 22.3. The van der Waals surface area contributed by atoms with Gasteiger partial charge in [-0.1, -0.05) is 36.8 Å². The summed E-state index contributed by atoms with van der Waals surface area (Å²) in [7, 11) is 0. The minimum absolute atomic E-state index is 0.0662. The Labute approximate surface area is 189 Å². The molecule has 2 aromatic carbocycles. The molecule has 2 heterocycles. The summed E-state index contributed by atoms with van der Waals surface area (Å²) >= 11 is 0. The standard InChI is InChI=1S/C25H31N5O2/c1-3-29-14-16-30(17-15-29)18-20-6-10-22(11-7-20)26-23(31)12-13-24-27-28-25(32-24)21-8-4-19(2)5-9-21/h4-11H,3,12-18H2,1-2H3,(H,26,31). The minimum Gasteiger partial charge on any atom is -0.421 e. The second-order valence-electron chi connectivity index (χ2n) is 8.32. The summed E-state index contributed by atoms with van der Waals surface area (Å²) in [6.45, 7) is 10.8. The highest BCUT2D eigenvalue weighted by atomic mass is 16.4. The van der Waals surface area contributed by atoms with Gasteiger partial charge in [-0.2, -0.15) is 0 Å². The average molecular weight is 434 g/mol. The van der Waals surface area contributed by atoms with Crippen molar-refractivity contribution < 1.29 is 9.21 Å². The second kappa shape index (κ2) is 10.5. The Morgan fingerprint density at radius 2 is 1.66 bits per heavy atom. The van der Waals surface area contributed by atoms with Crippen LogP contribution in [0.15, 0.2) is 52.9 Å². The summed E-state index contributed by atoms with van der Waals surface area (Å²) in [4.78, 5) is 17.3. The van der Waals surface area contributed by atoms with Gasteiger partial charge < -0.3 is 14.6 Å². The lowest BCUT2D eigenvalue weighted by molar-refractivity contribution is -0.116. The first-order valence-electron chi connectivity index (χ1n) is 11.3. The first-order chi connectivity index (χ1) is 15.6. The number of carbonyl (C=O) groups is 1. The molecule has 7 nitrogen and oxygen atoms in total. The number of aryl methyl sites for hydroxylation is 2. The molecule has 1 amide bonds. The van der Waals surface area contributed by atoms with Gasteiger partial charge in [0, 0.05) is 56.8 Å². The highest BCUT2D eigenvalue weighted by Crippen LogP contribution is 2.19. The van der Waals surface area contributed by atoms with Crippen LogP contribution in [0.25, 0.3) is 11.5 Å². The summed E-state index contributed by atoms with van der Waals surface area (Å²) in [5.41, 5.74) is 4.13. The number of hydrogen-bond acceptors (Lipinski definition) is 6. The topological polar surface area (TPSA) is 74.5 Å². The van der Waals surface area contributed by atoms with Crippen molar-refractivity contribution in [3.05, 3.63) is 65.5 Å². The molecular weight excluding hydrogens is 402 g/mol. The Morgan fingerprint density at radius 3 is 2.34 bits per heavy atom. The average Bonchev–Trinajstić information content (AvgIpc) is 3.29. The van der Waals surface area contributed by atoms with Gasteiger partial charge in [0.15, 0.2) is 0 Å². The molecule has 1 N–H and O–H groups in total. The first-order valence-corrected chi connectivity index (χ1v) is 11.3. The van der Waals surface area contributed by atoms with Crippen molar-refractivity contribution in [2.75, 3.05) is 38.0 Å². The van der Waals surface area contributed by atoms with E-state index in [0.29, 0.717) is 24.6 Å². The van der Waals surface area contributed by atoms with E-state index in [1.807, 2.05) is 43.3 Å². The Bertz CT molecular complexity index is 1010. The Balaban J connectivity index is 1.23. The molecule has 1 aliphatic rings. The minimum atomic E-state index is -0.0662. The lowest BCUT2D eigenvalue weighted by Gasteiger charge is -2.34. The SMILES string of the molecule is CCN1CCN(Cc2ccc(NC(=O)CCc3nnc(-c4ccc(C)cc4)o3)cc2)CC1. The highest BCUT2D eigenvalue weighted by Gasteiger charge is 2.15. The molecule has 32 heavy (non-hydrogen) atoms. The van der Waals surface area contributed by atoms with Gasteiger partial charge in [0.05, 0.1) is 0 Å². The number of benzene rings is 2. The van der Waals surface area contributed by atoms with Crippen LogP contribution in [0.3, 0.4) is 0 Å². The molecule has 0 aliphatic carbocycles. The van der Waals surface area contributed by atoms with E-state index in [4.69, 9.17) is 4.42 Å². The van der Waals surface area contributed by atoms with Crippen LogP contribution in [0.4, 0.5) is 5.69 Å². The number of piperazine rings is 1. The summed E-state index contributed by atoms with van der Waals surface area (Å²) in [5.74, 6) is 0.880. The number of nitrogens with one attached hydrogen (secondary N) is 1. The highest BCUT2D eigenvalue weighted by molar-refractivity contribution is 5.90. The molecule has 0 saturated carbocycles. The molecule has 1 aromatic heterocycles. The summed E-state index contributed by atoms with van der Waals surface area (Å²) < 4.78 is 5.70. The van der Waals surface area contributed by atoms with Crippen LogP contribution in [-0.2, 0) is 17.8 Å². The van der Waals surface area contributed by atoms with Crippen LogP contribution in [0.2, 0.25) is 0 Å². The monoisotopic (exact) mass is 433 g/mol. The predicted molar refractivity (Wildman–Crippen MR) is 125 cm³/mol. The summed E-state index contributed by atoms with van der Waals surface area (Å²) in [6, 6.07) is 16.0. The molecule has 1 fully saturated rings. The molecule has 1 aliphatic heterocycles. The maximum absolute atomic E-state index is 12.3. The quantitative estimate of drug-likeness (QED) is 0.583. The molecule has 7 heteroatoms. The van der Waals surface area contributed by atoms with E-state index in [1.165, 1.54) is 11.1 Å². The number of likely N-dealkylation sites (N-methyl/N-ethyl adjacent to an activating group) is 1. The number of rotatable bonds is 8. The Kier molecular flexibility index (Phi) is 7.29. The van der Waals surface area contributed by atoms with E-state index in [9.17, 15) is 4.79 Å². The maximum Gasteiger partial charge on any atom is 0.247 e. The van der Waals surface area contributed by atoms with Crippen molar-refractivity contribution in [2.45, 2.75) is 33.2 Å². The van der Waals surface area contributed by atoms with E-state index >= 15 is 0 Å². The van der Waals surface area contributed by atoms with Gasteiger partial charge in [0.1, 0.15) is 0 Å². The molecule has 0 unspecified atom stereocenters. The van der Waals surface area contributed by atoms with Gasteiger partial charge in [0.2, 0.25) is 17.7 Å². The zero-order valence-electron chi connectivity index (χ0n) is 18.9. The van der Waals surface area contributed by atoms with Gasteiger partial charge in [-0.3, -0.25) is 9.69 Å². The molecule has 0 radical (unpaired) electrons. The fourth-order valence-corrected chi connectivity index (χ4v) is 3.83. The Hall–Kier alpha value is -3.03. The second-order valence-corrected chi connectivity index (χ2v) is 8.32. The third kappa shape index (κ3) is 6.02. The van der Waals surface area contributed by atoms with Crippen molar-refractivity contribution in [1.29, 1.82) is 0 Å². The molecule has 168 valence electrons. The van der Waals surface area contributed by atoms with E-state index in [0.717, 1.165) is 50.5 Å². The number of amides is 1. The van der Waals surface area contributed by atoms with Crippen LogP contribution in [0.1, 0.15) is 30.4 Å². The molecule has 1 saturated heterocycles. The van der Waals surface area contributed by atoms with Gasteiger partial charge in [-0.05, 0) is 43.3 Å². The summed E-state index contributed by atoms with van der Waals surface area (Å²) in [5, 5.41) is 11.1. The van der Waals surface area contributed by atoms with Crippen LogP contribution >= 0.6 is 0 Å². The third-order valence-electron chi connectivity index (χ3n) is 5.89. The van der Waals surface area contributed by atoms with Gasteiger partial charge in [-0.15, -0.1) is 10.2 Å². The number of nitrogens with zero attached hydrogens (tertiary/aromatic N) is 4. The smallest absolute Gasteiger partial charge is 0.247 e. The van der Waals surface area contributed by atoms with Crippen LogP contribution in [0, 0.1) is 6.92 Å². The van der Waals surface area contributed by atoms with E-state index in [-0.39, 0.29) is 5.91 Å². The molecule has 4 rings (SSSR count). The molecule has 0 bridgehead atoms. The van der Waals surface area contributed by atoms with Crippen LogP contribution < -0.4 is 5.32 Å². The van der Waals surface area contributed by atoms with Crippen LogP contribution in [0.5, 0.6) is 0 Å². The number of carbonyl (C=O) groups excluding carboxylic acids is 1. The number of aromatic nitrogens is 2. The fourth-order valence-electron chi connectivity index (χ4n) is 3.83. The van der Waals surface area contributed by atoms with Crippen molar-refractivity contribution in [3.8, 4) is 11.5 Å². The molecule has 0 spiro atoms. The largest absolute Gasteiger partial charge is 0.421 e. The van der Waals surface area contributed by atoms with Crippen molar-refractivity contribution in [1.82, 2.24) is 20.0 Å². The predicted octanol–water partition coefficient (Wildman–Crippen LogP) is 3.75. The van der Waals surface area contributed by atoms with E-state index in [1.54, 1.807) is 0 Å². The lowest BCUT2D eigenvalue weighted by Crippen LogP contribution is -2.45. The number of anilines is 1. The number of hydrogen-bond donors (Lipinski definition) is 1. The van der Waals surface area contributed by atoms with E-state index in [2.05, 4.69) is 44.4 Å². The first kappa shape index (κ1) is 22.2. The van der Waals surface area contributed by atoms with Gasteiger partial charge in [-0.25, -0.2) is 0 Å².